The third-order valence-corrected chi connectivity index (χ3v) is 4.01. The lowest BCUT2D eigenvalue weighted by Crippen LogP contribution is -2.44. The van der Waals surface area contributed by atoms with Crippen molar-refractivity contribution < 1.29 is 19.8 Å². The van der Waals surface area contributed by atoms with Crippen LogP contribution < -0.4 is 0 Å². The van der Waals surface area contributed by atoms with Crippen molar-refractivity contribution in [3.63, 3.8) is 0 Å². The summed E-state index contributed by atoms with van der Waals surface area (Å²) in [7, 11) is 0. The average Bonchev–Trinajstić information content (AvgIpc) is 2.17. The molecule has 16 heavy (non-hydrogen) atoms. The van der Waals surface area contributed by atoms with E-state index in [2.05, 4.69) is 0 Å². The first kappa shape index (κ1) is 13.0. The van der Waals surface area contributed by atoms with Crippen molar-refractivity contribution in [1.29, 1.82) is 0 Å². The van der Waals surface area contributed by atoms with Crippen molar-refractivity contribution in [3.05, 3.63) is 0 Å². The number of carboxylic acids is 2. The molecule has 0 aromatic carbocycles. The number of rotatable bonds is 3. The minimum atomic E-state index is -0.796. The van der Waals surface area contributed by atoms with Gasteiger partial charge in [0.1, 0.15) is 0 Å². The van der Waals surface area contributed by atoms with Gasteiger partial charge in [-0.25, -0.2) is 0 Å². The van der Waals surface area contributed by atoms with Crippen LogP contribution >= 0.6 is 0 Å². The first-order valence-corrected chi connectivity index (χ1v) is 5.75. The Morgan fingerprint density at radius 2 is 1.88 bits per heavy atom. The number of aliphatic carboxylic acids is 2. The maximum atomic E-state index is 11.3. The van der Waals surface area contributed by atoms with Crippen LogP contribution in [0.25, 0.3) is 0 Å². The van der Waals surface area contributed by atoms with E-state index in [0.717, 1.165) is 0 Å². The second-order valence-electron chi connectivity index (χ2n) is 5.38. The molecule has 0 saturated heterocycles. The Morgan fingerprint density at radius 1 is 1.31 bits per heavy atom. The fourth-order valence-corrected chi connectivity index (χ4v) is 2.84. The maximum Gasteiger partial charge on any atom is 0.309 e. The molecule has 92 valence electrons. The molecule has 4 heteroatoms. The van der Waals surface area contributed by atoms with Gasteiger partial charge in [-0.2, -0.15) is 0 Å². The molecule has 3 unspecified atom stereocenters. The highest BCUT2D eigenvalue weighted by atomic mass is 16.4. The van der Waals surface area contributed by atoms with Crippen LogP contribution in [0, 0.1) is 23.2 Å². The zero-order valence-electron chi connectivity index (χ0n) is 10.1. The van der Waals surface area contributed by atoms with E-state index >= 15 is 0 Å². The molecule has 1 rings (SSSR count). The fourth-order valence-electron chi connectivity index (χ4n) is 2.84. The van der Waals surface area contributed by atoms with E-state index in [1.807, 2.05) is 13.8 Å². The van der Waals surface area contributed by atoms with Gasteiger partial charge in [-0.05, 0) is 38.0 Å². The zero-order chi connectivity index (χ0) is 12.5. The third kappa shape index (κ3) is 2.20. The van der Waals surface area contributed by atoms with E-state index in [1.54, 1.807) is 6.92 Å². The Bertz CT molecular complexity index is 297. The third-order valence-electron chi connectivity index (χ3n) is 4.01. The minimum Gasteiger partial charge on any atom is -0.481 e. The van der Waals surface area contributed by atoms with Crippen LogP contribution in [0.5, 0.6) is 0 Å². The normalized spacial score (nSPS) is 35.0. The van der Waals surface area contributed by atoms with Gasteiger partial charge >= 0.3 is 11.9 Å². The van der Waals surface area contributed by atoms with E-state index in [0.29, 0.717) is 19.3 Å². The Labute approximate surface area is 95.7 Å². The molecular weight excluding hydrogens is 208 g/mol. The van der Waals surface area contributed by atoms with Gasteiger partial charge in [-0.15, -0.1) is 0 Å². The predicted octanol–water partition coefficient (Wildman–Crippen LogP) is 2.23. The van der Waals surface area contributed by atoms with E-state index in [-0.39, 0.29) is 17.8 Å². The molecule has 2 N–H and O–H groups in total. The summed E-state index contributed by atoms with van der Waals surface area (Å²) >= 11 is 0. The van der Waals surface area contributed by atoms with Gasteiger partial charge in [0.25, 0.3) is 0 Å². The molecule has 0 bridgehead atoms. The van der Waals surface area contributed by atoms with Gasteiger partial charge in [0.05, 0.1) is 11.3 Å². The molecule has 0 aliphatic heterocycles. The molecule has 1 saturated carbocycles. The predicted molar refractivity (Wildman–Crippen MR) is 59.0 cm³/mol. The molecule has 1 aliphatic carbocycles. The molecular formula is C12H20O4. The standard InChI is InChI=1S/C12H20O4/c1-7(2)9-6-8(10(13)14)4-5-12(9,3)11(15)16/h7-9H,4-6H2,1-3H3,(H,13,14)(H,15,16). The van der Waals surface area contributed by atoms with Crippen LogP contribution in [0.2, 0.25) is 0 Å². The summed E-state index contributed by atoms with van der Waals surface area (Å²) in [5.74, 6) is -1.82. The molecule has 3 atom stereocenters. The Balaban J connectivity index is 2.91. The number of carbonyl (C=O) groups is 2. The molecule has 1 fully saturated rings. The molecule has 0 aromatic heterocycles. The Kier molecular flexibility index (Phi) is 3.61. The summed E-state index contributed by atoms with van der Waals surface area (Å²) < 4.78 is 0. The number of hydrogen-bond donors (Lipinski definition) is 2. The average molecular weight is 228 g/mol. The van der Waals surface area contributed by atoms with E-state index < -0.39 is 17.4 Å². The van der Waals surface area contributed by atoms with E-state index in [4.69, 9.17) is 5.11 Å². The van der Waals surface area contributed by atoms with Crippen LogP contribution in [-0.4, -0.2) is 22.2 Å². The number of hydrogen-bond acceptors (Lipinski definition) is 2. The van der Waals surface area contributed by atoms with Crippen LogP contribution in [0.3, 0.4) is 0 Å². The zero-order valence-corrected chi connectivity index (χ0v) is 10.1. The summed E-state index contributed by atoms with van der Waals surface area (Å²) in [5.41, 5.74) is -0.764. The van der Waals surface area contributed by atoms with Crippen LogP contribution in [0.1, 0.15) is 40.0 Å². The van der Waals surface area contributed by atoms with Gasteiger partial charge < -0.3 is 10.2 Å². The summed E-state index contributed by atoms with van der Waals surface area (Å²) in [6.45, 7) is 5.68. The molecule has 0 heterocycles. The second kappa shape index (κ2) is 4.44. The Hall–Kier alpha value is -1.06. The molecule has 0 aromatic rings. The van der Waals surface area contributed by atoms with Crippen molar-refractivity contribution in [2.24, 2.45) is 23.2 Å². The molecule has 4 nitrogen and oxygen atoms in total. The highest BCUT2D eigenvalue weighted by molar-refractivity contribution is 5.76. The van der Waals surface area contributed by atoms with Gasteiger partial charge in [0.2, 0.25) is 0 Å². The number of carboxylic acid groups (broad SMARTS) is 2. The first-order valence-electron chi connectivity index (χ1n) is 5.75. The molecule has 0 radical (unpaired) electrons. The van der Waals surface area contributed by atoms with Gasteiger partial charge in [-0.3, -0.25) is 9.59 Å². The lowest BCUT2D eigenvalue weighted by Gasteiger charge is -2.42. The minimum absolute atomic E-state index is 0.0557. The van der Waals surface area contributed by atoms with Crippen molar-refractivity contribution in [2.75, 3.05) is 0 Å². The molecule has 0 spiro atoms. The molecule has 0 amide bonds. The van der Waals surface area contributed by atoms with Crippen LogP contribution in [0.4, 0.5) is 0 Å². The smallest absolute Gasteiger partial charge is 0.309 e. The van der Waals surface area contributed by atoms with Gasteiger partial charge in [-0.1, -0.05) is 13.8 Å². The van der Waals surface area contributed by atoms with E-state index in [9.17, 15) is 14.7 Å². The maximum absolute atomic E-state index is 11.3. The van der Waals surface area contributed by atoms with E-state index in [1.165, 1.54) is 0 Å². The quantitative estimate of drug-likeness (QED) is 0.776. The van der Waals surface area contributed by atoms with Crippen LogP contribution in [0.15, 0.2) is 0 Å². The topological polar surface area (TPSA) is 74.6 Å². The largest absolute Gasteiger partial charge is 0.481 e. The Morgan fingerprint density at radius 3 is 2.25 bits per heavy atom. The van der Waals surface area contributed by atoms with Crippen molar-refractivity contribution in [3.8, 4) is 0 Å². The summed E-state index contributed by atoms with van der Waals surface area (Å²) in [6.07, 6.45) is 1.42. The first-order chi connectivity index (χ1) is 7.29. The monoisotopic (exact) mass is 228 g/mol. The van der Waals surface area contributed by atoms with Gasteiger partial charge in [0, 0.05) is 0 Å². The summed E-state index contributed by atoms with van der Waals surface area (Å²) in [6, 6.07) is 0. The van der Waals surface area contributed by atoms with Crippen molar-refractivity contribution in [1.82, 2.24) is 0 Å². The summed E-state index contributed by atoms with van der Waals surface area (Å²) in [5, 5.41) is 18.3. The highest BCUT2D eigenvalue weighted by Gasteiger charge is 2.48. The highest BCUT2D eigenvalue weighted by Crippen LogP contribution is 2.47. The lowest BCUT2D eigenvalue weighted by atomic mass is 9.61. The van der Waals surface area contributed by atoms with Crippen LogP contribution in [-0.2, 0) is 9.59 Å². The van der Waals surface area contributed by atoms with Crippen molar-refractivity contribution in [2.45, 2.75) is 40.0 Å². The fraction of sp³-hybridized carbons (Fsp3) is 0.833. The second-order valence-corrected chi connectivity index (χ2v) is 5.38. The SMILES string of the molecule is CC(C)C1CC(C(=O)O)CCC1(C)C(=O)O. The molecule has 1 aliphatic rings. The van der Waals surface area contributed by atoms with Gasteiger partial charge in [0.15, 0.2) is 0 Å². The van der Waals surface area contributed by atoms with Crippen molar-refractivity contribution >= 4 is 11.9 Å². The lowest BCUT2D eigenvalue weighted by molar-refractivity contribution is -0.160. The summed E-state index contributed by atoms with van der Waals surface area (Å²) in [4.78, 5) is 22.3.